The third-order valence-electron chi connectivity index (χ3n) is 6.77. The molecule has 1 N–H and O–H groups in total. The normalized spacial score (nSPS) is 20.8. The molecule has 0 radical (unpaired) electrons. The van der Waals surface area contributed by atoms with Crippen LogP contribution in [0.2, 0.25) is 0 Å². The van der Waals surface area contributed by atoms with Crippen molar-refractivity contribution in [3.05, 3.63) is 23.5 Å². The van der Waals surface area contributed by atoms with Crippen molar-refractivity contribution in [3.63, 3.8) is 0 Å². The Labute approximate surface area is 210 Å². The van der Waals surface area contributed by atoms with Gasteiger partial charge in [0.25, 0.3) is 11.8 Å². The van der Waals surface area contributed by atoms with Gasteiger partial charge in [-0.2, -0.15) is 0 Å². The van der Waals surface area contributed by atoms with Gasteiger partial charge in [-0.1, -0.05) is 5.21 Å². The fourth-order valence-electron chi connectivity index (χ4n) is 4.82. The number of anilines is 1. The molecule has 2 fully saturated rings. The van der Waals surface area contributed by atoms with E-state index in [9.17, 15) is 27.2 Å². The molecule has 1 saturated carbocycles. The largest absolute Gasteiger partial charge is 0.481 e. The van der Waals surface area contributed by atoms with Gasteiger partial charge in [0.15, 0.2) is 0 Å². The molecule has 2 aromatic rings. The summed E-state index contributed by atoms with van der Waals surface area (Å²) in [5.41, 5.74) is 1.98. The molecule has 1 aliphatic heterocycles. The predicted molar refractivity (Wildman–Crippen MR) is 122 cm³/mol. The third-order valence-corrected chi connectivity index (χ3v) is 6.77. The van der Waals surface area contributed by atoms with Crippen molar-refractivity contribution in [3.8, 4) is 11.4 Å². The number of carbonyl (C=O) groups is 2. The Balaban J connectivity index is 1.48. The number of carboxylic acid groups (broad SMARTS) is 1. The van der Waals surface area contributed by atoms with E-state index in [1.54, 1.807) is 26.1 Å². The summed E-state index contributed by atoms with van der Waals surface area (Å²) < 4.78 is 61.6. The fourth-order valence-corrected chi connectivity index (χ4v) is 4.82. The Morgan fingerprint density at radius 3 is 2.51 bits per heavy atom. The van der Waals surface area contributed by atoms with Crippen molar-refractivity contribution in [2.75, 3.05) is 25.0 Å². The zero-order chi connectivity index (χ0) is 27.1. The standard InChI is InChI=1S/C23H28F4N6O4/c1-13-17(33-10-14(6-19(34)35)7-23(26,27)12-33)5-4-16(28-13)20-18(32(3)30-29-20)11-37-21(36)31(2)15-8-22(24,25)9-15/h4-5,14-15H,6-12H2,1-3H3,(H,34,35)/t14-/m0/s1. The molecule has 10 nitrogen and oxygen atoms in total. The molecule has 3 heterocycles. The predicted octanol–water partition coefficient (Wildman–Crippen LogP) is 3.49. The minimum absolute atomic E-state index is 0.163. The number of carbonyl (C=O) groups excluding carboxylic acids is 1. The van der Waals surface area contributed by atoms with Crippen LogP contribution in [0.15, 0.2) is 12.1 Å². The zero-order valence-electron chi connectivity index (χ0n) is 20.6. The number of nitrogens with zero attached hydrogens (tertiary/aromatic N) is 6. The Bertz CT molecular complexity index is 1180. The van der Waals surface area contributed by atoms with Crippen LogP contribution in [0.1, 0.15) is 37.1 Å². The number of aryl methyl sites for hydroxylation is 2. The molecule has 14 heteroatoms. The Morgan fingerprint density at radius 2 is 1.89 bits per heavy atom. The fraction of sp³-hybridized carbons (Fsp3) is 0.609. The van der Waals surface area contributed by atoms with Crippen LogP contribution >= 0.6 is 0 Å². The van der Waals surface area contributed by atoms with Crippen molar-refractivity contribution >= 4 is 17.7 Å². The molecule has 2 aliphatic rings. The molecule has 1 amide bonds. The van der Waals surface area contributed by atoms with E-state index in [-0.39, 0.29) is 19.6 Å². The number of halogens is 4. The van der Waals surface area contributed by atoms with Gasteiger partial charge in [0, 0.05) is 45.9 Å². The number of rotatable bonds is 7. The van der Waals surface area contributed by atoms with Crippen LogP contribution in [0, 0.1) is 12.8 Å². The maximum absolute atomic E-state index is 14.3. The van der Waals surface area contributed by atoms with Crippen LogP contribution in [-0.4, -0.2) is 80.1 Å². The summed E-state index contributed by atoms with van der Waals surface area (Å²) in [4.78, 5) is 30.5. The highest BCUT2D eigenvalue weighted by Gasteiger charge is 2.48. The van der Waals surface area contributed by atoms with E-state index in [0.29, 0.717) is 28.5 Å². The number of carboxylic acids is 1. The first-order chi connectivity index (χ1) is 17.2. The summed E-state index contributed by atoms with van der Waals surface area (Å²) in [6.45, 7) is 1.04. The summed E-state index contributed by atoms with van der Waals surface area (Å²) in [7, 11) is 2.99. The smallest absolute Gasteiger partial charge is 0.410 e. The average Bonchev–Trinajstić information content (AvgIpc) is 3.13. The molecule has 0 unspecified atom stereocenters. The zero-order valence-corrected chi connectivity index (χ0v) is 20.6. The van der Waals surface area contributed by atoms with E-state index in [1.807, 2.05) is 0 Å². The molecule has 0 spiro atoms. The highest BCUT2D eigenvalue weighted by Crippen LogP contribution is 2.40. The van der Waals surface area contributed by atoms with Crippen LogP contribution in [0.3, 0.4) is 0 Å². The van der Waals surface area contributed by atoms with Crippen LogP contribution < -0.4 is 4.90 Å². The van der Waals surface area contributed by atoms with Gasteiger partial charge in [0.05, 0.1) is 30.0 Å². The number of ether oxygens (including phenoxy) is 1. The number of pyridine rings is 1. The highest BCUT2D eigenvalue weighted by molar-refractivity contribution is 5.69. The lowest BCUT2D eigenvalue weighted by atomic mass is 9.87. The van der Waals surface area contributed by atoms with Gasteiger partial charge in [-0.15, -0.1) is 5.10 Å². The van der Waals surface area contributed by atoms with Crippen molar-refractivity contribution in [2.24, 2.45) is 13.0 Å². The van der Waals surface area contributed by atoms with E-state index in [2.05, 4.69) is 15.3 Å². The Morgan fingerprint density at radius 1 is 1.19 bits per heavy atom. The molecule has 0 aromatic carbocycles. The summed E-state index contributed by atoms with van der Waals surface area (Å²) in [5, 5.41) is 17.1. The van der Waals surface area contributed by atoms with Gasteiger partial charge >= 0.3 is 12.1 Å². The molecule has 1 saturated heterocycles. The lowest BCUT2D eigenvalue weighted by Crippen LogP contribution is -2.51. The van der Waals surface area contributed by atoms with Crippen LogP contribution in [0.4, 0.5) is 28.0 Å². The van der Waals surface area contributed by atoms with Crippen LogP contribution in [-0.2, 0) is 23.2 Å². The van der Waals surface area contributed by atoms with Crippen LogP contribution in [0.25, 0.3) is 11.4 Å². The number of piperidine rings is 1. The van der Waals surface area contributed by atoms with Gasteiger partial charge in [0.2, 0.25) is 0 Å². The molecule has 1 aliphatic carbocycles. The summed E-state index contributed by atoms with van der Waals surface area (Å²) >= 11 is 0. The molecule has 0 bridgehead atoms. The van der Waals surface area contributed by atoms with E-state index in [1.165, 1.54) is 16.6 Å². The highest BCUT2D eigenvalue weighted by atomic mass is 19.3. The molecule has 1 atom stereocenters. The van der Waals surface area contributed by atoms with Gasteiger partial charge in [-0.3, -0.25) is 4.79 Å². The van der Waals surface area contributed by atoms with E-state index >= 15 is 0 Å². The van der Waals surface area contributed by atoms with E-state index < -0.39 is 61.7 Å². The summed E-state index contributed by atoms with van der Waals surface area (Å²) in [6.07, 6.45) is -2.41. The lowest BCUT2D eigenvalue weighted by Gasteiger charge is -2.40. The summed E-state index contributed by atoms with van der Waals surface area (Å²) in [5.74, 6) is -7.63. The first kappa shape index (κ1) is 26.6. The minimum Gasteiger partial charge on any atom is -0.481 e. The lowest BCUT2D eigenvalue weighted by molar-refractivity contribution is -0.139. The number of hydrogen-bond acceptors (Lipinski definition) is 7. The number of hydrogen-bond donors (Lipinski definition) is 1. The van der Waals surface area contributed by atoms with Gasteiger partial charge < -0.3 is 19.6 Å². The van der Waals surface area contributed by atoms with Gasteiger partial charge in [-0.25, -0.2) is 32.0 Å². The van der Waals surface area contributed by atoms with Gasteiger partial charge in [0.1, 0.15) is 18.0 Å². The quantitative estimate of drug-likeness (QED) is 0.544. The molecular weight excluding hydrogens is 500 g/mol. The van der Waals surface area contributed by atoms with E-state index in [4.69, 9.17) is 9.84 Å². The van der Waals surface area contributed by atoms with Crippen LogP contribution in [0.5, 0.6) is 0 Å². The van der Waals surface area contributed by atoms with E-state index in [0.717, 1.165) is 4.90 Å². The number of amides is 1. The first-order valence-electron chi connectivity index (χ1n) is 11.7. The van der Waals surface area contributed by atoms with Crippen molar-refractivity contribution in [2.45, 2.75) is 57.1 Å². The first-order valence-corrected chi connectivity index (χ1v) is 11.7. The Hall–Kier alpha value is -3.45. The molecule has 37 heavy (non-hydrogen) atoms. The molecule has 2 aromatic heterocycles. The minimum atomic E-state index is -3.03. The molecular formula is C23H28F4N6O4. The average molecular weight is 529 g/mol. The summed E-state index contributed by atoms with van der Waals surface area (Å²) in [6, 6.07) is 2.60. The molecule has 4 rings (SSSR count). The third kappa shape index (κ3) is 5.93. The SMILES string of the molecule is Cc1nc(-c2nnn(C)c2COC(=O)N(C)C2CC(F)(F)C2)ccc1N1C[C@@H](CC(=O)O)CC(F)(F)C1. The van der Waals surface area contributed by atoms with Crippen molar-refractivity contribution < 1.29 is 37.0 Å². The second-order valence-corrected chi connectivity index (χ2v) is 9.80. The maximum Gasteiger partial charge on any atom is 0.410 e. The van der Waals surface area contributed by atoms with Crippen molar-refractivity contribution in [1.29, 1.82) is 0 Å². The number of aromatic nitrogens is 4. The second-order valence-electron chi connectivity index (χ2n) is 9.80. The Kier molecular flexibility index (Phi) is 7.04. The number of aliphatic carboxylic acids is 1. The monoisotopic (exact) mass is 528 g/mol. The topological polar surface area (TPSA) is 114 Å². The van der Waals surface area contributed by atoms with Gasteiger partial charge in [-0.05, 0) is 25.0 Å². The number of alkyl halides is 4. The van der Waals surface area contributed by atoms with Crippen molar-refractivity contribution in [1.82, 2.24) is 24.9 Å². The second kappa shape index (κ2) is 9.78. The maximum atomic E-state index is 14.3. The molecule has 202 valence electrons.